The number of hydrogen-bond donors (Lipinski definition) is 2. The lowest BCUT2D eigenvalue weighted by Gasteiger charge is -2.11. The van der Waals surface area contributed by atoms with Crippen LogP contribution in [0.1, 0.15) is 20.7 Å². The van der Waals surface area contributed by atoms with Gasteiger partial charge in [0.1, 0.15) is 11.6 Å². The smallest absolute Gasteiger partial charge is 0.335 e. The number of carbonyl (C=O) groups excluding carboxylic acids is 1. The fourth-order valence-electron chi connectivity index (χ4n) is 3.22. The molecule has 148 valence electrons. The Morgan fingerprint density at radius 3 is 2.43 bits per heavy atom. The molecule has 0 bridgehead atoms. The highest BCUT2D eigenvalue weighted by Crippen LogP contribution is 2.26. The Morgan fingerprint density at radius 1 is 0.933 bits per heavy atom. The Balaban J connectivity index is 1.62. The van der Waals surface area contributed by atoms with Gasteiger partial charge in [-0.25, -0.2) is 9.78 Å². The second-order valence-electron chi connectivity index (χ2n) is 6.64. The number of rotatable bonds is 5. The first-order valence-electron chi connectivity index (χ1n) is 9.24. The number of aromatic carboxylic acids is 1. The number of carboxylic acid groups (broad SMARTS) is 1. The molecular formula is C24H18N2O4. The summed E-state index contributed by atoms with van der Waals surface area (Å²) in [6.07, 6.45) is 0. The Morgan fingerprint density at radius 2 is 1.70 bits per heavy atom. The molecule has 0 saturated carbocycles. The fraction of sp³-hybridized carbons (Fsp3) is 0.0417. The average Bonchev–Trinajstić information content (AvgIpc) is 2.78. The summed E-state index contributed by atoms with van der Waals surface area (Å²) in [4.78, 5) is 28.5. The standard InChI is InChI=1S/C24H18N2O4/c1-30-18-10-6-15(7-11-18)19-4-2-3-5-20(19)23(27)26-22-13-9-16-14-17(24(28)29)8-12-21(16)25-22/h2-14H,1H3,(H,28,29)(H,25,26,27). The molecule has 0 spiro atoms. The minimum Gasteiger partial charge on any atom is -0.497 e. The van der Waals surface area contributed by atoms with Crippen LogP contribution in [0, 0.1) is 0 Å². The van der Waals surface area contributed by atoms with E-state index in [2.05, 4.69) is 10.3 Å². The molecule has 6 nitrogen and oxygen atoms in total. The van der Waals surface area contributed by atoms with E-state index in [1.807, 2.05) is 42.5 Å². The molecule has 30 heavy (non-hydrogen) atoms. The average molecular weight is 398 g/mol. The molecule has 0 radical (unpaired) electrons. The Labute approximate surface area is 172 Å². The number of fused-ring (bicyclic) bond motifs is 1. The van der Waals surface area contributed by atoms with Crippen molar-refractivity contribution < 1.29 is 19.4 Å². The largest absolute Gasteiger partial charge is 0.497 e. The highest BCUT2D eigenvalue weighted by atomic mass is 16.5. The lowest BCUT2D eigenvalue weighted by Crippen LogP contribution is -2.14. The lowest BCUT2D eigenvalue weighted by molar-refractivity contribution is 0.0697. The van der Waals surface area contributed by atoms with Gasteiger partial charge in [-0.1, -0.05) is 30.3 Å². The van der Waals surface area contributed by atoms with Gasteiger partial charge in [0.2, 0.25) is 0 Å². The number of anilines is 1. The van der Waals surface area contributed by atoms with E-state index in [4.69, 9.17) is 9.84 Å². The van der Waals surface area contributed by atoms with Crippen LogP contribution in [-0.4, -0.2) is 29.1 Å². The number of nitrogens with one attached hydrogen (secondary N) is 1. The third kappa shape index (κ3) is 3.84. The molecule has 0 aliphatic heterocycles. The van der Waals surface area contributed by atoms with Gasteiger partial charge in [0.15, 0.2) is 0 Å². The van der Waals surface area contributed by atoms with Crippen molar-refractivity contribution in [3.63, 3.8) is 0 Å². The van der Waals surface area contributed by atoms with Crippen LogP contribution in [-0.2, 0) is 0 Å². The van der Waals surface area contributed by atoms with Crippen LogP contribution in [0.2, 0.25) is 0 Å². The molecular weight excluding hydrogens is 380 g/mol. The van der Waals surface area contributed by atoms with Crippen molar-refractivity contribution in [1.29, 1.82) is 0 Å². The monoisotopic (exact) mass is 398 g/mol. The Hall–Kier alpha value is -4.19. The maximum Gasteiger partial charge on any atom is 0.335 e. The third-order valence-corrected chi connectivity index (χ3v) is 4.75. The van der Waals surface area contributed by atoms with Gasteiger partial charge in [-0.2, -0.15) is 0 Å². The van der Waals surface area contributed by atoms with Crippen LogP contribution >= 0.6 is 0 Å². The fourth-order valence-corrected chi connectivity index (χ4v) is 3.22. The van der Waals surface area contributed by atoms with Gasteiger partial charge in [-0.05, 0) is 59.7 Å². The quantitative estimate of drug-likeness (QED) is 0.501. The van der Waals surface area contributed by atoms with E-state index in [0.717, 1.165) is 16.9 Å². The molecule has 6 heteroatoms. The molecule has 4 aromatic rings. The molecule has 1 aromatic heterocycles. The second kappa shape index (κ2) is 8.05. The number of benzene rings is 3. The van der Waals surface area contributed by atoms with Gasteiger partial charge >= 0.3 is 5.97 Å². The Kier molecular flexibility index (Phi) is 5.13. The van der Waals surface area contributed by atoms with Crippen molar-refractivity contribution in [2.75, 3.05) is 12.4 Å². The molecule has 1 heterocycles. The number of methoxy groups -OCH3 is 1. The number of ether oxygens (including phenoxy) is 1. The summed E-state index contributed by atoms with van der Waals surface area (Å²) in [5.74, 6) is -0.146. The first-order valence-corrected chi connectivity index (χ1v) is 9.24. The van der Waals surface area contributed by atoms with Crippen LogP contribution in [0.15, 0.2) is 78.9 Å². The van der Waals surface area contributed by atoms with E-state index in [0.29, 0.717) is 22.3 Å². The second-order valence-corrected chi connectivity index (χ2v) is 6.64. The highest BCUT2D eigenvalue weighted by Gasteiger charge is 2.14. The molecule has 0 aliphatic rings. The zero-order chi connectivity index (χ0) is 21.1. The number of aromatic nitrogens is 1. The SMILES string of the molecule is COc1ccc(-c2ccccc2C(=O)Nc2ccc3cc(C(=O)O)ccc3n2)cc1. The first kappa shape index (κ1) is 19.1. The van der Waals surface area contributed by atoms with Crippen LogP contribution in [0.25, 0.3) is 22.0 Å². The number of amides is 1. The predicted octanol–water partition coefficient (Wildman–Crippen LogP) is 4.86. The molecule has 4 rings (SSSR count). The normalized spacial score (nSPS) is 10.6. The van der Waals surface area contributed by atoms with E-state index in [9.17, 15) is 9.59 Å². The van der Waals surface area contributed by atoms with Crippen molar-refractivity contribution in [3.05, 3.63) is 90.0 Å². The lowest BCUT2D eigenvalue weighted by atomic mass is 9.99. The third-order valence-electron chi connectivity index (χ3n) is 4.75. The molecule has 0 aliphatic carbocycles. The summed E-state index contributed by atoms with van der Waals surface area (Å²) in [7, 11) is 1.61. The minimum atomic E-state index is -0.996. The molecule has 2 N–H and O–H groups in total. The molecule has 1 amide bonds. The van der Waals surface area contributed by atoms with E-state index in [1.54, 1.807) is 37.4 Å². The zero-order valence-corrected chi connectivity index (χ0v) is 16.1. The molecule has 0 unspecified atom stereocenters. The summed E-state index contributed by atoms with van der Waals surface area (Å²) in [6.45, 7) is 0. The maximum absolute atomic E-state index is 13.0. The van der Waals surface area contributed by atoms with Crippen molar-refractivity contribution in [1.82, 2.24) is 4.98 Å². The summed E-state index contributed by atoms with van der Waals surface area (Å²) >= 11 is 0. The Bertz CT molecular complexity index is 1250. The molecule has 3 aromatic carbocycles. The van der Waals surface area contributed by atoms with E-state index < -0.39 is 5.97 Å². The van der Waals surface area contributed by atoms with Gasteiger partial charge in [0.05, 0.1) is 18.2 Å². The summed E-state index contributed by atoms with van der Waals surface area (Å²) in [5.41, 5.74) is 3.00. The number of carbonyl (C=O) groups is 2. The maximum atomic E-state index is 13.0. The van der Waals surface area contributed by atoms with Gasteiger partial charge in [0, 0.05) is 10.9 Å². The van der Waals surface area contributed by atoms with Gasteiger partial charge in [-0.3, -0.25) is 4.79 Å². The van der Waals surface area contributed by atoms with Crippen molar-refractivity contribution in [2.45, 2.75) is 0 Å². The van der Waals surface area contributed by atoms with Gasteiger partial charge < -0.3 is 15.2 Å². The number of carboxylic acids is 1. The van der Waals surface area contributed by atoms with Crippen molar-refractivity contribution >= 4 is 28.6 Å². The van der Waals surface area contributed by atoms with Crippen LogP contribution in [0.4, 0.5) is 5.82 Å². The van der Waals surface area contributed by atoms with Crippen LogP contribution in [0.5, 0.6) is 5.75 Å². The molecule has 0 saturated heterocycles. The van der Waals surface area contributed by atoms with Crippen molar-refractivity contribution in [2.24, 2.45) is 0 Å². The van der Waals surface area contributed by atoms with Crippen LogP contribution in [0.3, 0.4) is 0 Å². The van der Waals surface area contributed by atoms with Crippen molar-refractivity contribution in [3.8, 4) is 16.9 Å². The number of pyridine rings is 1. The van der Waals surface area contributed by atoms with E-state index in [-0.39, 0.29) is 11.5 Å². The first-order chi connectivity index (χ1) is 14.5. The van der Waals surface area contributed by atoms with E-state index in [1.165, 1.54) is 6.07 Å². The van der Waals surface area contributed by atoms with Gasteiger partial charge in [-0.15, -0.1) is 0 Å². The predicted molar refractivity (Wildman–Crippen MR) is 115 cm³/mol. The summed E-state index contributed by atoms with van der Waals surface area (Å²) in [6, 6.07) is 22.9. The summed E-state index contributed by atoms with van der Waals surface area (Å²) in [5, 5.41) is 12.6. The molecule has 0 fully saturated rings. The van der Waals surface area contributed by atoms with Crippen LogP contribution < -0.4 is 10.1 Å². The van der Waals surface area contributed by atoms with E-state index >= 15 is 0 Å². The summed E-state index contributed by atoms with van der Waals surface area (Å²) < 4.78 is 5.20. The highest BCUT2D eigenvalue weighted by molar-refractivity contribution is 6.08. The topological polar surface area (TPSA) is 88.5 Å². The zero-order valence-electron chi connectivity index (χ0n) is 16.1. The minimum absolute atomic E-state index is 0.189. The number of nitrogens with zero attached hydrogens (tertiary/aromatic N) is 1. The molecule has 0 atom stereocenters. The number of hydrogen-bond acceptors (Lipinski definition) is 4. The van der Waals surface area contributed by atoms with Gasteiger partial charge in [0.25, 0.3) is 5.91 Å².